The van der Waals surface area contributed by atoms with Crippen molar-refractivity contribution >= 4 is 0 Å². The Labute approximate surface area is 116 Å². The zero-order valence-electron chi connectivity index (χ0n) is 12.2. The van der Waals surface area contributed by atoms with E-state index in [9.17, 15) is 0 Å². The molecule has 1 saturated heterocycles. The van der Waals surface area contributed by atoms with Crippen LogP contribution in [0.1, 0.15) is 69.1 Å². The molecule has 1 saturated carbocycles. The molecular weight excluding hydrogens is 236 g/mol. The van der Waals surface area contributed by atoms with Crippen LogP contribution in [-0.4, -0.2) is 27.9 Å². The lowest BCUT2D eigenvalue weighted by Crippen LogP contribution is -2.31. The van der Waals surface area contributed by atoms with E-state index < -0.39 is 0 Å². The minimum Gasteiger partial charge on any atom is -0.317 e. The average molecular weight is 262 g/mol. The van der Waals surface area contributed by atoms with Crippen LogP contribution in [-0.2, 0) is 0 Å². The third-order valence-corrected chi connectivity index (χ3v) is 4.95. The number of hydrogen-bond donors (Lipinski definition) is 1. The van der Waals surface area contributed by atoms with Crippen molar-refractivity contribution < 1.29 is 0 Å². The molecule has 0 amide bonds. The Bertz CT molecular complexity index is 412. The van der Waals surface area contributed by atoms with Gasteiger partial charge in [0.15, 0.2) is 0 Å². The molecule has 0 radical (unpaired) electrons. The summed E-state index contributed by atoms with van der Waals surface area (Å²) in [5.74, 6) is 3.93. The summed E-state index contributed by atoms with van der Waals surface area (Å²) in [5.41, 5.74) is 0. The van der Waals surface area contributed by atoms with E-state index in [1.54, 1.807) is 0 Å². The molecule has 4 heteroatoms. The van der Waals surface area contributed by atoms with E-state index in [4.69, 9.17) is 0 Å². The monoisotopic (exact) mass is 262 g/mol. The molecule has 0 bridgehead atoms. The summed E-state index contributed by atoms with van der Waals surface area (Å²) < 4.78 is 2.46. The summed E-state index contributed by atoms with van der Waals surface area (Å²) >= 11 is 0. The van der Waals surface area contributed by atoms with Crippen LogP contribution in [0.25, 0.3) is 0 Å². The standard InChI is InChI=1S/C15H26N4/c1-11-3-5-13(6-4-11)15-18-17-12(2)19(15)14-7-9-16-10-8-14/h11,13-14,16H,3-10H2,1-2H3. The fourth-order valence-electron chi connectivity index (χ4n) is 3.70. The quantitative estimate of drug-likeness (QED) is 0.891. The van der Waals surface area contributed by atoms with Crippen molar-refractivity contribution in [3.05, 3.63) is 11.6 Å². The molecule has 0 aromatic carbocycles. The third kappa shape index (κ3) is 2.69. The van der Waals surface area contributed by atoms with Gasteiger partial charge in [-0.3, -0.25) is 0 Å². The maximum Gasteiger partial charge on any atom is 0.136 e. The second-order valence-corrected chi connectivity index (χ2v) is 6.41. The summed E-state index contributed by atoms with van der Waals surface area (Å²) in [6.07, 6.45) is 7.73. The normalized spacial score (nSPS) is 29.6. The number of piperidine rings is 1. The number of nitrogens with one attached hydrogen (secondary N) is 1. The molecule has 2 aliphatic rings. The number of hydrogen-bond acceptors (Lipinski definition) is 3. The predicted octanol–water partition coefficient (Wildman–Crippen LogP) is 2.80. The van der Waals surface area contributed by atoms with Gasteiger partial charge < -0.3 is 9.88 Å². The zero-order chi connectivity index (χ0) is 13.2. The van der Waals surface area contributed by atoms with E-state index >= 15 is 0 Å². The van der Waals surface area contributed by atoms with Gasteiger partial charge in [0.05, 0.1) is 0 Å². The van der Waals surface area contributed by atoms with Crippen LogP contribution >= 0.6 is 0 Å². The van der Waals surface area contributed by atoms with E-state index in [1.807, 2.05) is 0 Å². The molecule has 1 aliphatic carbocycles. The Hall–Kier alpha value is -0.900. The lowest BCUT2D eigenvalue weighted by Gasteiger charge is -2.30. The molecule has 1 N–H and O–H groups in total. The Kier molecular flexibility index (Phi) is 3.87. The van der Waals surface area contributed by atoms with Gasteiger partial charge in [-0.05, 0) is 51.6 Å². The summed E-state index contributed by atoms with van der Waals surface area (Å²) in [7, 11) is 0. The van der Waals surface area contributed by atoms with E-state index in [1.165, 1.54) is 44.3 Å². The molecule has 106 valence electrons. The highest BCUT2D eigenvalue weighted by Gasteiger charge is 2.28. The van der Waals surface area contributed by atoms with Gasteiger partial charge >= 0.3 is 0 Å². The van der Waals surface area contributed by atoms with Crippen molar-refractivity contribution in [1.29, 1.82) is 0 Å². The highest BCUT2D eigenvalue weighted by molar-refractivity contribution is 5.05. The number of rotatable bonds is 2. The summed E-state index contributed by atoms with van der Waals surface area (Å²) in [5, 5.41) is 12.4. The Morgan fingerprint density at radius 2 is 1.68 bits per heavy atom. The van der Waals surface area contributed by atoms with Crippen molar-refractivity contribution in [2.75, 3.05) is 13.1 Å². The van der Waals surface area contributed by atoms with Crippen LogP contribution in [0.4, 0.5) is 0 Å². The molecule has 0 atom stereocenters. The fraction of sp³-hybridized carbons (Fsp3) is 0.867. The highest BCUT2D eigenvalue weighted by Crippen LogP contribution is 2.36. The Balaban J connectivity index is 1.81. The number of nitrogens with zero attached hydrogens (tertiary/aromatic N) is 3. The first kappa shape index (κ1) is 13.1. The van der Waals surface area contributed by atoms with Crippen LogP contribution in [0, 0.1) is 12.8 Å². The molecule has 0 spiro atoms. The molecule has 1 aliphatic heterocycles. The first-order chi connectivity index (χ1) is 9.25. The fourth-order valence-corrected chi connectivity index (χ4v) is 3.70. The highest BCUT2D eigenvalue weighted by atomic mass is 15.3. The molecule has 4 nitrogen and oxygen atoms in total. The molecule has 1 aromatic rings. The maximum absolute atomic E-state index is 4.53. The van der Waals surface area contributed by atoms with E-state index in [2.05, 4.69) is 33.9 Å². The second kappa shape index (κ2) is 5.61. The van der Waals surface area contributed by atoms with E-state index in [0.717, 1.165) is 24.8 Å². The van der Waals surface area contributed by atoms with Crippen LogP contribution in [0.5, 0.6) is 0 Å². The smallest absolute Gasteiger partial charge is 0.136 e. The average Bonchev–Trinajstić information content (AvgIpc) is 2.82. The van der Waals surface area contributed by atoms with Crippen LogP contribution < -0.4 is 5.32 Å². The number of aryl methyl sites for hydroxylation is 1. The Morgan fingerprint density at radius 3 is 2.37 bits per heavy atom. The molecular formula is C15H26N4. The lowest BCUT2D eigenvalue weighted by molar-refractivity contribution is 0.308. The van der Waals surface area contributed by atoms with Crippen molar-refractivity contribution in [3.63, 3.8) is 0 Å². The van der Waals surface area contributed by atoms with Crippen LogP contribution in [0.2, 0.25) is 0 Å². The van der Waals surface area contributed by atoms with Crippen molar-refractivity contribution in [2.45, 2.75) is 64.3 Å². The lowest BCUT2D eigenvalue weighted by atomic mass is 9.82. The Morgan fingerprint density at radius 1 is 1.00 bits per heavy atom. The van der Waals surface area contributed by atoms with Gasteiger partial charge in [-0.15, -0.1) is 10.2 Å². The van der Waals surface area contributed by atoms with Crippen LogP contribution in [0.3, 0.4) is 0 Å². The topological polar surface area (TPSA) is 42.7 Å². The minimum atomic E-state index is 0.616. The van der Waals surface area contributed by atoms with Crippen LogP contribution in [0.15, 0.2) is 0 Å². The maximum atomic E-state index is 4.53. The van der Waals surface area contributed by atoms with Crippen molar-refractivity contribution in [3.8, 4) is 0 Å². The molecule has 1 aromatic heterocycles. The molecule has 19 heavy (non-hydrogen) atoms. The first-order valence-corrected chi connectivity index (χ1v) is 7.88. The largest absolute Gasteiger partial charge is 0.317 e. The summed E-state index contributed by atoms with van der Waals surface area (Å²) in [4.78, 5) is 0. The van der Waals surface area contributed by atoms with E-state index in [0.29, 0.717) is 12.0 Å². The number of aromatic nitrogens is 3. The van der Waals surface area contributed by atoms with Gasteiger partial charge in [0.1, 0.15) is 11.6 Å². The van der Waals surface area contributed by atoms with Gasteiger partial charge in [-0.1, -0.05) is 19.8 Å². The predicted molar refractivity (Wildman–Crippen MR) is 76.3 cm³/mol. The summed E-state index contributed by atoms with van der Waals surface area (Å²) in [6, 6.07) is 0.616. The SMILES string of the molecule is Cc1nnc(C2CCC(C)CC2)n1C1CCNCC1. The second-order valence-electron chi connectivity index (χ2n) is 6.41. The van der Waals surface area contributed by atoms with Gasteiger partial charge in [0, 0.05) is 12.0 Å². The van der Waals surface area contributed by atoms with Gasteiger partial charge in [-0.25, -0.2) is 0 Å². The molecule has 3 rings (SSSR count). The minimum absolute atomic E-state index is 0.616. The van der Waals surface area contributed by atoms with Gasteiger partial charge in [0.25, 0.3) is 0 Å². The third-order valence-electron chi connectivity index (χ3n) is 4.95. The molecule has 2 fully saturated rings. The van der Waals surface area contributed by atoms with Crippen molar-refractivity contribution in [1.82, 2.24) is 20.1 Å². The zero-order valence-corrected chi connectivity index (χ0v) is 12.2. The first-order valence-electron chi connectivity index (χ1n) is 7.88. The van der Waals surface area contributed by atoms with E-state index in [-0.39, 0.29) is 0 Å². The van der Waals surface area contributed by atoms with Crippen molar-refractivity contribution in [2.24, 2.45) is 5.92 Å². The summed E-state index contributed by atoms with van der Waals surface area (Å²) in [6.45, 7) is 6.75. The molecule has 2 heterocycles. The van der Waals surface area contributed by atoms with Gasteiger partial charge in [-0.2, -0.15) is 0 Å². The van der Waals surface area contributed by atoms with Gasteiger partial charge in [0.2, 0.25) is 0 Å². The molecule has 0 unspecified atom stereocenters.